The molecule has 0 bridgehead atoms. The highest BCUT2D eigenvalue weighted by Gasteiger charge is 2.15. The molecule has 1 aliphatic rings. The minimum Gasteiger partial charge on any atom is -0.493 e. The van der Waals surface area contributed by atoms with Crippen LogP contribution >= 0.6 is 0 Å². The molecule has 0 saturated carbocycles. The van der Waals surface area contributed by atoms with Crippen LogP contribution in [0.2, 0.25) is 0 Å². The Morgan fingerprint density at radius 2 is 1.81 bits per heavy atom. The monoisotopic (exact) mass is 350 g/mol. The van der Waals surface area contributed by atoms with Crippen LogP contribution in [0, 0.1) is 0 Å². The van der Waals surface area contributed by atoms with Crippen LogP contribution in [0.15, 0.2) is 54.6 Å². The molecule has 0 atom stereocenters. The Morgan fingerprint density at radius 1 is 1.00 bits per heavy atom. The molecular formula is C21H18O5. The molecule has 0 aliphatic carbocycles. The lowest BCUT2D eigenvalue weighted by Crippen LogP contribution is -2.02. The lowest BCUT2D eigenvalue weighted by molar-refractivity contribution is -0.137. The van der Waals surface area contributed by atoms with E-state index in [0.717, 1.165) is 39.1 Å². The van der Waals surface area contributed by atoms with E-state index in [9.17, 15) is 4.79 Å². The van der Waals surface area contributed by atoms with E-state index in [1.807, 2.05) is 48.5 Å². The lowest BCUT2D eigenvalue weighted by atomic mass is 9.97. The molecule has 3 aromatic carbocycles. The molecule has 0 fully saturated rings. The molecule has 5 heteroatoms. The van der Waals surface area contributed by atoms with Crippen molar-refractivity contribution >= 4 is 16.7 Å². The maximum Gasteiger partial charge on any atom is 0.303 e. The van der Waals surface area contributed by atoms with Crippen molar-refractivity contribution in [1.29, 1.82) is 0 Å². The Morgan fingerprint density at radius 3 is 2.65 bits per heavy atom. The van der Waals surface area contributed by atoms with Crippen LogP contribution in [-0.4, -0.2) is 24.5 Å². The molecule has 0 amide bonds. The second kappa shape index (κ2) is 6.96. The Bertz CT molecular complexity index is 964. The third kappa shape index (κ3) is 3.16. The summed E-state index contributed by atoms with van der Waals surface area (Å²) < 4.78 is 16.7. The van der Waals surface area contributed by atoms with Crippen LogP contribution in [0.25, 0.3) is 21.9 Å². The fraction of sp³-hybridized carbons (Fsp3) is 0.190. The standard InChI is InChI=1S/C21H18O5/c22-21(23)6-3-11-24-18-10-8-15(16-4-1-2-5-17(16)18)14-7-9-19-20(12-14)26-13-25-19/h1-2,4-5,7-10,12H,3,6,11,13H2,(H,22,23). The van der Waals surface area contributed by atoms with Gasteiger partial charge >= 0.3 is 5.97 Å². The van der Waals surface area contributed by atoms with E-state index in [0.29, 0.717) is 13.0 Å². The average molecular weight is 350 g/mol. The number of aliphatic carboxylic acids is 1. The summed E-state index contributed by atoms with van der Waals surface area (Å²) >= 11 is 0. The molecule has 3 aromatic rings. The minimum absolute atomic E-state index is 0.104. The first-order valence-corrected chi connectivity index (χ1v) is 8.49. The van der Waals surface area contributed by atoms with Crippen molar-refractivity contribution in [3.8, 4) is 28.4 Å². The average Bonchev–Trinajstić information content (AvgIpc) is 3.12. The second-order valence-corrected chi connectivity index (χ2v) is 6.07. The van der Waals surface area contributed by atoms with Crippen LogP contribution < -0.4 is 14.2 Å². The van der Waals surface area contributed by atoms with Crippen molar-refractivity contribution in [1.82, 2.24) is 0 Å². The Balaban J connectivity index is 1.67. The molecule has 0 unspecified atom stereocenters. The summed E-state index contributed by atoms with van der Waals surface area (Å²) in [6, 6.07) is 17.9. The first-order chi connectivity index (χ1) is 12.7. The number of rotatable bonds is 6. The number of hydrogen-bond donors (Lipinski definition) is 1. The SMILES string of the molecule is O=C(O)CCCOc1ccc(-c2ccc3c(c2)OCO3)c2ccccc12. The van der Waals surface area contributed by atoms with E-state index in [2.05, 4.69) is 6.07 Å². The highest BCUT2D eigenvalue weighted by atomic mass is 16.7. The molecule has 1 heterocycles. The van der Waals surface area contributed by atoms with Crippen LogP contribution in [-0.2, 0) is 4.79 Å². The van der Waals surface area contributed by atoms with Gasteiger partial charge in [-0.2, -0.15) is 0 Å². The summed E-state index contributed by atoms with van der Waals surface area (Å²) in [5.74, 6) is 1.46. The van der Waals surface area contributed by atoms with Crippen molar-refractivity contribution in [3.63, 3.8) is 0 Å². The maximum absolute atomic E-state index is 10.6. The number of carboxylic acids is 1. The Kier molecular flexibility index (Phi) is 4.35. The zero-order valence-corrected chi connectivity index (χ0v) is 14.1. The van der Waals surface area contributed by atoms with Gasteiger partial charge in [0.1, 0.15) is 5.75 Å². The van der Waals surface area contributed by atoms with Crippen molar-refractivity contribution in [2.75, 3.05) is 13.4 Å². The van der Waals surface area contributed by atoms with Gasteiger partial charge in [0.25, 0.3) is 0 Å². The summed E-state index contributed by atoms with van der Waals surface area (Å²) in [6.45, 7) is 0.627. The summed E-state index contributed by atoms with van der Waals surface area (Å²) in [6.07, 6.45) is 0.584. The fourth-order valence-corrected chi connectivity index (χ4v) is 3.12. The molecule has 5 nitrogen and oxygen atoms in total. The number of hydrogen-bond acceptors (Lipinski definition) is 4. The van der Waals surface area contributed by atoms with Gasteiger partial charge in [-0.25, -0.2) is 0 Å². The quantitative estimate of drug-likeness (QED) is 0.664. The van der Waals surface area contributed by atoms with E-state index in [1.54, 1.807) is 0 Å². The summed E-state index contributed by atoms with van der Waals surface area (Å²) in [7, 11) is 0. The van der Waals surface area contributed by atoms with Crippen molar-refractivity contribution in [3.05, 3.63) is 54.6 Å². The molecule has 1 N–H and O–H groups in total. The highest BCUT2D eigenvalue weighted by Crippen LogP contribution is 2.39. The molecule has 0 aromatic heterocycles. The number of carbonyl (C=O) groups is 1. The van der Waals surface area contributed by atoms with Crippen LogP contribution in [0.1, 0.15) is 12.8 Å². The fourth-order valence-electron chi connectivity index (χ4n) is 3.12. The van der Waals surface area contributed by atoms with Gasteiger partial charge in [-0.05, 0) is 41.1 Å². The van der Waals surface area contributed by atoms with E-state index in [4.69, 9.17) is 19.3 Å². The smallest absolute Gasteiger partial charge is 0.303 e. The highest BCUT2D eigenvalue weighted by molar-refractivity contribution is 6.00. The van der Waals surface area contributed by atoms with Gasteiger partial charge in [-0.15, -0.1) is 0 Å². The predicted octanol–water partition coefficient (Wildman–Crippen LogP) is 4.48. The molecule has 0 spiro atoms. The van der Waals surface area contributed by atoms with E-state index < -0.39 is 5.97 Å². The second-order valence-electron chi connectivity index (χ2n) is 6.07. The first-order valence-electron chi connectivity index (χ1n) is 8.49. The molecule has 0 saturated heterocycles. The van der Waals surface area contributed by atoms with E-state index in [-0.39, 0.29) is 13.2 Å². The molecule has 1 aliphatic heterocycles. The first kappa shape index (κ1) is 16.3. The number of fused-ring (bicyclic) bond motifs is 2. The van der Waals surface area contributed by atoms with E-state index >= 15 is 0 Å². The normalized spacial score (nSPS) is 12.3. The Labute approximate surface area is 150 Å². The third-order valence-corrected chi connectivity index (χ3v) is 4.36. The molecule has 26 heavy (non-hydrogen) atoms. The van der Waals surface area contributed by atoms with Crippen molar-refractivity contribution in [2.24, 2.45) is 0 Å². The summed E-state index contributed by atoms with van der Waals surface area (Å²) in [4.78, 5) is 10.6. The lowest BCUT2D eigenvalue weighted by Gasteiger charge is -2.13. The number of ether oxygens (including phenoxy) is 3. The van der Waals surface area contributed by atoms with Gasteiger partial charge in [0.05, 0.1) is 6.61 Å². The summed E-state index contributed by atoms with van der Waals surface area (Å²) in [5.41, 5.74) is 2.12. The third-order valence-electron chi connectivity index (χ3n) is 4.36. The van der Waals surface area contributed by atoms with Crippen molar-refractivity contribution < 1.29 is 24.1 Å². The number of benzene rings is 3. The zero-order valence-electron chi connectivity index (χ0n) is 14.1. The molecule has 0 radical (unpaired) electrons. The number of carboxylic acid groups (broad SMARTS) is 1. The van der Waals surface area contributed by atoms with Gasteiger partial charge < -0.3 is 19.3 Å². The maximum atomic E-state index is 10.6. The van der Waals surface area contributed by atoms with Gasteiger partial charge in [0, 0.05) is 11.8 Å². The zero-order chi connectivity index (χ0) is 17.9. The molecule has 4 rings (SSSR count). The van der Waals surface area contributed by atoms with Gasteiger partial charge in [-0.1, -0.05) is 36.4 Å². The molecule has 132 valence electrons. The van der Waals surface area contributed by atoms with Gasteiger partial charge in [-0.3, -0.25) is 4.79 Å². The van der Waals surface area contributed by atoms with Crippen LogP contribution in [0.3, 0.4) is 0 Å². The minimum atomic E-state index is -0.809. The Hall–Kier alpha value is -3.21. The van der Waals surface area contributed by atoms with Crippen LogP contribution in [0.5, 0.6) is 17.2 Å². The largest absolute Gasteiger partial charge is 0.493 e. The summed E-state index contributed by atoms with van der Waals surface area (Å²) in [5, 5.41) is 10.8. The molecular weight excluding hydrogens is 332 g/mol. The van der Waals surface area contributed by atoms with Gasteiger partial charge in [0.15, 0.2) is 11.5 Å². The van der Waals surface area contributed by atoms with Gasteiger partial charge in [0.2, 0.25) is 6.79 Å². The van der Waals surface area contributed by atoms with Crippen molar-refractivity contribution in [2.45, 2.75) is 12.8 Å². The van der Waals surface area contributed by atoms with Crippen LogP contribution in [0.4, 0.5) is 0 Å². The predicted molar refractivity (Wildman–Crippen MR) is 97.9 cm³/mol. The topological polar surface area (TPSA) is 65.0 Å². The van der Waals surface area contributed by atoms with E-state index in [1.165, 1.54) is 0 Å².